The Balaban J connectivity index is 1.97. The molecule has 2 aromatic rings. The van der Waals surface area contributed by atoms with Crippen LogP contribution in [0.1, 0.15) is 27.2 Å². The van der Waals surface area contributed by atoms with Crippen LogP contribution in [0.2, 0.25) is 0 Å². The molecule has 0 saturated heterocycles. The second kappa shape index (κ2) is 8.50. The summed E-state index contributed by atoms with van der Waals surface area (Å²) >= 11 is 0. The second-order valence-corrected chi connectivity index (χ2v) is 6.04. The van der Waals surface area contributed by atoms with E-state index in [1.165, 1.54) is 17.2 Å². The average molecular weight is 328 g/mol. The maximum absolute atomic E-state index is 11.3. The normalized spacial score (nSPS) is 12.9. The van der Waals surface area contributed by atoms with E-state index >= 15 is 0 Å². The molecule has 0 spiro atoms. The van der Waals surface area contributed by atoms with E-state index in [1.807, 2.05) is 18.2 Å². The Kier molecular flexibility index (Phi) is 6.38. The Labute approximate surface area is 142 Å². The monoisotopic (exact) mass is 328 g/mol. The molecule has 0 unspecified atom stereocenters. The van der Waals surface area contributed by atoms with Gasteiger partial charge in [-0.1, -0.05) is 17.2 Å². The predicted molar refractivity (Wildman–Crippen MR) is 96.6 cm³/mol. The van der Waals surface area contributed by atoms with Crippen molar-refractivity contribution < 1.29 is 13.9 Å². The zero-order valence-corrected chi connectivity index (χ0v) is 14.7. The quantitative estimate of drug-likeness (QED) is 0.555. The van der Waals surface area contributed by atoms with Gasteiger partial charge in [0.2, 0.25) is 0 Å². The van der Waals surface area contributed by atoms with Gasteiger partial charge in [0, 0.05) is 24.6 Å². The Morgan fingerprint density at radius 1 is 1.21 bits per heavy atom. The molecule has 1 atom stereocenters. The maximum Gasteiger partial charge on any atom is 0.336 e. The fraction of sp³-hybridized carbons (Fsp3) is 0.350. The van der Waals surface area contributed by atoms with Gasteiger partial charge in [-0.3, -0.25) is 0 Å². The minimum atomic E-state index is -0.361. The van der Waals surface area contributed by atoms with Gasteiger partial charge in [-0.2, -0.15) is 0 Å². The van der Waals surface area contributed by atoms with E-state index in [4.69, 9.17) is 13.9 Å². The molecule has 1 heterocycles. The highest BCUT2D eigenvalue weighted by molar-refractivity contribution is 5.77. The first-order chi connectivity index (χ1) is 11.5. The summed E-state index contributed by atoms with van der Waals surface area (Å²) in [6.45, 7) is 6.64. The summed E-state index contributed by atoms with van der Waals surface area (Å²) < 4.78 is 16.3. The van der Waals surface area contributed by atoms with Crippen molar-refractivity contribution in [3.63, 3.8) is 0 Å². The number of benzene rings is 1. The van der Waals surface area contributed by atoms with E-state index in [0.29, 0.717) is 17.9 Å². The van der Waals surface area contributed by atoms with Gasteiger partial charge in [0.05, 0.1) is 6.10 Å². The molecule has 0 aliphatic rings. The zero-order chi connectivity index (χ0) is 17.5. The topological polar surface area (TPSA) is 48.7 Å². The molecule has 2 rings (SSSR count). The Bertz CT molecular complexity index is 795. The molecule has 0 amide bonds. The van der Waals surface area contributed by atoms with Crippen molar-refractivity contribution in [3.8, 4) is 5.75 Å². The van der Waals surface area contributed by atoms with Crippen molar-refractivity contribution in [2.24, 2.45) is 0 Å². The molecule has 0 fully saturated rings. The first-order valence-corrected chi connectivity index (χ1v) is 7.98. The van der Waals surface area contributed by atoms with Gasteiger partial charge in [-0.25, -0.2) is 4.79 Å². The summed E-state index contributed by atoms with van der Waals surface area (Å²) in [6.07, 6.45) is 5.07. The Hall–Kier alpha value is -2.33. The fourth-order valence-corrected chi connectivity index (χ4v) is 2.39. The van der Waals surface area contributed by atoms with E-state index in [0.717, 1.165) is 11.8 Å². The van der Waals surface area contributed by atoms with E-state index in [2.05, 4.69) is 26.8 Å². The van der Waals surface area contributed by atoms with Crippen LogP contribution in [-0.2, 0) is 4.74 Å². The van der Waals surface area contributed by atoms with Crippen molar-refractivity contribution in [2.45, 2.75) is 33.3 Å². The van der Waals surface area contributed by atoms with Gasteiger partial charge in [0.25, 0.3) is 0 Å². The number of hydrogen-bond acceptors (Lipinski definition) is 4. The van der Waals surface area contributed by atoms with Gasteiger partial charge in [-0.05, 0) is 51.5 Å². The molecule has 0 saturated carbocycles. The predicted octanol–water partition coefficient (Wildman–Crippen LogP) is 4.49. The fourth-order valence-electron chi connectivity index (χ4n) is 2.39. The average Bonchev–Trinajstić information content (AvgIpc) is 2.53. The molecular formula is C20H24O4. The second-order valence-electron chi connectivity index (χ2n) is 6.04. The Morgan fingerprint density at radius 2 is 1.96 bits per heavy atom. The SMILES string of the molecule is CO[C@H](C=C(C)C)C/C(C)=C/COc1ccc2ccc(=O)oc2c1. The third kappa shape index (κ3) is 5.39. The summed E-state index contributed by atoms with van der Waals surface area (Å²) in [5, 5.41) is 0.873. The van der Waals surface area contributed by atoms with Crippen LogP contribution in [0.3, 0.4) is 0 Å². The highest BCUT2D eigenvalue weighted by Gasteiger charge is 2.05. The molecule has 0 N–H and O–H groups in total. The van der Waals surface area contributed by atoms with E-state index in [1.54, 1.807) is 19.2 Å². The molecule has 0 radical (unpaired) electrons. The molecule has 1 aromatic heterocycles. The molecule has 128 valence electrons. The lowest BCUT2D eigenvalue weighted by atomic mass is 10.1. The van der Waals surface area contributed by atoms with Gasteiger partial charge in [0.1, 0.15) is 17.9 Å². The lowest BCUT2D eigenvalue weighted by molar-refractivity contribution is 0.140. The molecule has 4 heteroatoms. The van der Waals surface area contributed by atoms with Crippen LogP contribution in [0.5, 0.6) is 5.75 Å². The number of allylic oxidation sites excluding steroid dienone is 1. The maximum atomic E-state index is 11.3. The Morgan fingerprint density at radius 3 is 2.67 bits per heavy atom. The summed E-state index contributed by atoms with van der Waals surface area (Å²) in [5.41, 5.74) is 2.61. The van der Waals surface area contributed by atoms with Crippen LogP contribution < -0.4 is 10.4 Å². The lowest BCUT2D eigenvalue weighted by Crippen LogP contribution is -2.08. The molecule has 4 nitrogen and oxygen atoms in total. The van der Waals surface area contributed by atoms with Gasteiger partial charge in [0.15, 0.2) is 0 Å². The van der Waals surface area contributed by atoms with Crippen LogP contribution in [0, 0.1) is 0 Å². The molecule has 0 bridgehead atoms. The number of methoxy groups -OCH3 is 1. The van der Waals surface area contributed by atoms with Crippen molar-refractivity contribution in [3.05, 3.63) is 64.1 Å². The van der Waals surface area contributed by atoms with Crippen molar-refractivity contribution >= 4 is 11.0 Å². The molecule has 0 aliphatic heterocycles. The third-order valence-electron chi connectivity index (χ3n) is 3.62. The highest BCUT2D eigenvalue weighted by atomic mass is 16.5. The number of rotatable bonds is 7. The first kappa shape index (κ1) is 18.0. The summed E-state index contributed by atoms with van der Waals surface area (Å²) in [4.78, 5) is 11.3. The van der Waals surface area contributed by atoms with E-state index in [9.17, 15) is 4.79 Å². The summed E-state index contributed by atoms with van der Waals surface area (Å²) in [5.74, 6) is 0.675. The highest BCUT2D eigenvalue weighted by Crippen LogP contribution is 2.19. The van der Waals surface area contributed by atoms with Crippen LogP contribution in [-0.4, -0.2) is 19.8 Å². The van der Waals surface area contributed by atoms with Crippen molar-refractivity contribution in [1.82, 2.24) is 0 Å². The molecule has 24 heavy (non-hydrogen) atoms. The van der Waals surface area contributed by atoms with Crippen LogP contribution in [0.4, 0.5) is 0 Å². The molecule has 1 aromatic carbocycles. The third-order valence-corrected chi connectivity index (χ3v) is 3.62. The number of fused-ring (bicyclic) bond motifs is 1. The first-order valence-electron chi connectivity index (χ1n) is 7.98. The summed E-state index contributed by atoms with van der Waals surface area (Å²) in [7, 11) is 1.72. The largest absolute Gasteiger partial charge is 0.489 e. The van der Waals surface area contributed by atoms with Crippen LogP contribution in [0.25, 0.3) is 11.0 Å². The van der Waals surface area contributed by atoms with Gasteiger partial charge < -0.3 is 13.9 Å². The standard InChI is InChI=1S/C20H24O4/c1-14(2)11-18(22-4)12-15(3)9-10-23-17-7-5-16-6-8-20(21)24-19(16)13-17/h5-9,11,13,18H,10,12H2,1-4H3/b15-9+/t18-/m1/s1. The van der Waals surface area contributed by atoms with E-state index < -0.39 is 0 Å². The minimum Gasteiger partial charge on any atom is -0.489 e. The van der Waals surface area contributed by atoms with Gasteiger partial charge >= 0.3 is 5.63 Å². The molecular weight excluding hydrogens is 304 g/mol. The van der Waals surface area contributed by atoms with Crippen LogP contribution in [0.15, 0.2) is 62.8 Å². The number of ether oxygens (including phenoxy) is 2. The zero-order valence-electron chi connectivity index (χ0n) is 14.7. The van der Waals surface area contributed by atoms with Crippen LogP contribution >= 0.6 is 0 Å². The minimum absolute atomic E-state index is 0.0844. The smallest absolute Gasteiger partial charge is 0.336 e. The number of hydrogen-bond donors (Lipinski definition) is 0. The lowest BCUT2D eigenvalue weighted by Gasteiger charge is -2.12. The molecule has 0 aliphatic carbocycles. The van der Waals surface area contributed by atoms with E-state index in [-0.39, 0.29) is 11.7 Å². The van der Waals surface area contributed by atoms with Gasteiger partial charge in [-0.15, -0.1) is 0 Å². The van der Waals surface area contributed by atoms with Crippen molar-refractivity contribution in [1.29, 1.82) is 0 Å². The van der Waals surface area contributed by atoms with Crippen molar-refractivity contribution in [2.75, 3.05) is 13.7 Å². The summed E-state index contributed by atoms with van der Waals surface area (Å²) in [6, 6.07) is 8.63.